The van der Waals surface area contributed by atoms with Gasteiger partial charge < -0.3 is 10.1 Å². The molecule has 0 radical (unpaired) electrons. The number of ether oxygens (including phenoxy) is 1. The summed E-state index contributed by atoms with van der Waals surface area (Å²) >= 11 is 3.38. The lowest BCUT2D eigenvalue weighted by Crippen LogP contribution is -2.51. The molecule has 3 nitrogen and oxygen atoms in total. The Bertz CT molecular complexity index is 370. The summed E-state index contributed by atoms with van der Waals surface area (Å²) in [7, 11) is 0. The Kier molecular flexibility index (Phi) is 3.34. The lowest BCUT2D eigenvalue weighted by atomic mass is 9.85. The predicted molar refractivity (Wildman–Crippen MR) is 70.1 cm³/mol. The molecule has 0 amide bonds. The minimum Gasteiger partial charge on any atom is -0.474 e. The number of rotatable bonds is 2. The number of aromatic nitrogens is 1. The molecule has 92 valence electrons. The zero-order valence-electron chi connectivity index (χ0n) is 9.73. The smallest absolute Gasteiger partial charge is 0.213 e. The lowest BCUT2D eigenvalue weighted by Gasteiger charge is -2.39. The summed E-state index contributed by atoms with van der Waals surface area (Å²) in [5.41, 5.74) is 0. The van der Waals surface area contributed by atoms with E-state index >= 15 is 0 Å². The molecule has 4 heteroatoms. The van der Waals surface area contributed by atoms with Crippen LogP contribution in [0.3, 0.4) is 0 Å². The molecule has 3 rings (SSSR count). The topological polar surface area (TPSA) is 34.1 Å². The Morgan fingerprint density at radius 2 is 2.00 bits per heavy atom. The van der Waals surface area contributed by atoms with Crippen LogP contribution in [0.5, 0.6) is 5.88 Å². The monoisotopic (exact) mass is 296 g/mol. The second-order valence-corrected chi connectivity index (χ2v) is 5.93. The molecular formula is C13H17BrN2O. The van der Waals surface area contributed by atoms with Crippen molar-refractivity contribution in [1.82, 2.24) is 10.3 Å². The van der Waals surface area contributed by atoms with E-state index in [1.165, 1.54) is 19.3 Å². The van der Waals surface area contributed by atoms with Crippen molar-refractivity contribution in [2.24, 2.45) is 0 Å². The molecule has 0 aliphatic carbocycles. The van der Waals surface area contributed by atoms with Crippen LogP contribution in [-0.4, -0.2) is 23.2 Å². The van der Waals surface area contributed by atoms with Gasteiger partial charge in [0.15, 0.2) is 0 Å². The summed E-state index contributed by atoms with van der Waals surface area (Å²) in [6, 6.07) is 5.22. The van der Waals surface area contributed by atoms with Gasteiger partial charge in [-0.05, 0) is 47.7 Å². The molecule has 2 aliphatic heterocycles. The molecule has 0 unspecified atom stereocenters. The van der Waals surface area contributed by atoms with Crippen molar-refractivity contribution in [2.45, 2.75) is 50.3 Å². The van der Waals surface area contributed by atoms with Crippen LogP contribution in [0.25, 0.3) is 0 Å². The Morgan fingerprint density at radius 3 is 2.65 bits per heavy atom. The highest BCUT2D eigenvalue weighted by Gasteiger charge is 2.32. The van der Waals surface area contributed by atoms with E-state index in [0.717, 1.165) is 23.2 Å². The van der Waals surface area contributed by atoms with Crippen molar-refractivity contribution in [3.05, 3.63) is 22.8 Å². The van der Waals surface area contributed by atoms with Crippen LogP contribution in [0.4, 0.5) is 0 Å². The summed E-state index contributed by atoms with van der Waals surface area (Å²) in [5, 5.41) is 3.67. The number of hydrogen-bond acceptors (Lipinski definition) is 3. The van der Waals surface area contributed by atoms with Crippen LogP contribution in [0.2, 0.25) is 0 Å². The highest BCUT2D eigenvalue weighted by Crippen LogP contribution is 2.28. The Morgan fingerprint density at radius 1 is 1.24 bits per heavy atom. The van der Waals surface area contributed by atoms with E-state index in [9.17, 15) is 0 Å². The van der Waals surface area contributed by atoms with Crippen molar-refractivity contribution >= 4 is 15.9 Å². The van der Waals surface area contributed by atoms with Crippen molar-refractivity contribution in [1.29, 1.82) is 0 Å². The van der Waals surface area contributed by atoms with Gasteiger partial charge in [0.25, 0.3) is 0 Å². The number of halogens is 1. The maximum absolute atomic E-state index is 5.97. The van der Waals surface area contributed by atoms with Gasteiger partial charge >= 0.3 is 0 Å². The highest BCUT2D eigenvalue weighted by molar-refractivity contribution is 9.10. The van der Waals surface area contributed by atoms with E-state index in [1.807, 2.05) is 12.1 Å². The van der Waals surface area contributed by atoms with Crippen LogP contribution in [0.1, 0.15) is 32.1 Å². The SMILES string of the molecule is Brc1ccc(O[C@@H]2C[C@H]3CCC[C@@H](C2)N3)nc1. The third-order valence-electron chi connectivity index (χ3n) is 3.66. The molecule has 2 bridgehead atoms. The maximum atomic E-state index is 5.97. The molecule has 1 N–H and O–H groups in total. The molecule has 3 heterocycles. The van der Waals surface area contributed by atoms with Crippen molar-refractivity contribution in [3.63, 3.8) is 0 Å². The molecule has 2 fully saturated rings. The second kappa shape index (κ2) is 4.94. The Hall–Kier alpha value is -0.610. The molecule has 0 spiro atoms. The number of pyridine rings is 1. The lowest BCUT2D eigenvalue weighted by molar-refractivity contribution is 0.0889. The molecule has 0 saturated carbocycles. The number of hydrogen-bond donors (Lipinski definition) is 1. The van der Waals surface area contributed by atoms with Crippen LogP contribution >= 0.6 is 15.9 Å². The highest BCUT2D eigenvalue weighted by atomic mass is 79.9. The predicted octanol–water partition coefficient (Wildman–Crippen LogP) is 2.90. The Balaban J connectivity index is 1.63. The molecule has 3 atom stereocenters. The van der Waals surface area contributed by atoms with Gasteiger partial charge in [0.1, 0.15) is 6.10 Å². The fourth-order valence-corrected chi connectivity index (χ4v) is 3.15. The van der Waals surface area contributed by atoms with Crippen LogP contribution in [0, 0.1) is 0 Å². The molecule has 2 aliphatic rings. The first-order valence-electron chi connectivity index (χ1n) is 6.34. The second-order valence-electron chi connectivity index (χ2n) is 5.02. The van der Waals surface area contributed by atoms with Crippen molar-refractivity contribution < 1.29 is 4.74 Å². The van der Waals surface area contributed by atoms with Gasteiger partial charge in [-0.25, -0.2) is 4.98 Å². The third-order valence-corrected chi connectivity index (χ3v) is 4.13. The van der Waals surface area contributed by atoms with Gasteiger partial charge in [0.05, 0.1) is 0 Å². The fourth-order valence-electron chi connectivity index (χ4n) is 2.91. The summed E-state index contributed by atoms with van der Waals surface area (Å²) in [6.07, 6.45) is 8.32. The number of nitrogens with one attached hydrogen (secondary N) is 1. The van der Waals surface area contributed by atoms with Gasteiger partial charge in [-0.2, -0.15) is 0 Å². The molecule has 2 saturated heterocycles. The molecule has 1 aromatic heterocycles. The van der Waals surface area contributed by atoms with Gasteiger partial charge in [-0.3, -0.25) is 0 Å². The van der Waals surface area contributed by atoms with Crippen LogP contribution in [-0.2, 0) is 0 Å². The maximum Gasteiger partial charge on any atom is 0.213 e. The fraction of sp³-hybridized carbons (Fsp3) is 0.615. The molecule has 17 heavy (non-hydrogen) atoms. The van der Waals surface area contributed by atoms with Gasteiger partial charge in [-0.15, -0.1) is 0 Å². The number of fused-ring (bicyclic) bond motifs is 2. The molecular weight excluding hydrogens is 280 g/mol. The zero-order chi connectivity index (χ0) is 11.7. The van der Waals surface area contributed by atoms with E-state index < -0.39 is 0 Å². The average molecular weight is 297 g/mol. The first-order valence-corrected chi connectivity index (χ1v) is 7.13. The van der Waals surface area contributed by atoms with Crippen molar-refractivity contribution in [3.8, 4) is 5.88 Å². The Labute approximate surface area is 110 Å². The minimum atomic E-state index is 0.334. The average Bonchev–Trinajstić information content (AvgIpc) is 2.32. The quantitative estimate of drug-likeness (QED) is 0.911. The van der Waals surface area contributed by atoms with Crippen molar-refractivity contribution in [2.75, 3.05) is 0 Å². The van der Waals surface area contributed by atoms with Gasteiger partial charge in [0.2, 0.25) is 5.88 Å². The van der Waals surface area contributed by atoms with Gasteiger partial charge in [0, 0.05) is 28.8 Å². The summed E-state index contributed by atoms with van der Waals surface area (Å²) in [4.78, 5) is 4.28. The number of nitrogens with zero attached hydrogens (tertiary/aromatic N) is 1. The normalized spacial score (nSPS) is 32.2. The first-order chi connectivity index (χ1) is 8.29. The number of piperidine rings is 2. The summed E-state index contributed by atoms with van der Waals surface area (Å²) in [6.45, 7) is 0. The van der Waals surface area contributed by atoms with E-state index in [2.05, 4.69) is 26.2 Å². The van der Waals surface area contributed by atoms with Gasteiger partial charge in [-0.1, -0.05) is 6.42 Å². The van der Waals surface area contributed by atoms with Crippen LogP contribution < -0.4 is 10.1 Å². The zero-order valence-corrected chi connectivity index (χ0v) is 11.3. The van der Waals surface area contributed by atoms with E-state index in [-0.39, 0.29) is 0 Å². The molecule has 0 aromatic carbocycles. The summed E-state index contributed by atoms with van der Waals surface area (Å²) in [5.74, 6) is 0.748. The minimum absolute atomic E-state index is 0.334. The van der Waals surface area contributed by atoms with E-state index in [0.29, 0.717) is 18.2 Å². The summed E-state index contributed by atoms with van der Waals surface area (Å²) < 4.78 is 6.97. The van der Waals surface area contributed by atoms with Crippen LogP contribution in [0.15, 0.2) is 22.8 Å². The van der Waals surface area contributed by atoms with E-state index in [4.69, 9.17) is 4.74 Å². The van der Waals surface area contributed by atoms with E-state index in [1.54, 1.807) is 6.20 Å². The third kappa shape index (κ3) is 2.80. The largest absolute Gasteiger partial charge is 0.474 e. The molecule has 1 aromatic rings. The first kappa shape index (κ1) is 11.5. The standard InChI is InChI=1S/C13H17BrN2O/c14-9-4-5-13(15-8-9)17-12-6-10-2-1-3-11(7-12)16-10/h4-5,8,10-12,16H,1-3,6-7H2/t10-,11+,12-.